The number of nitrogens with one attached hydrogen (secondary N) is 1. The number of allylic oxidation sites excluding steroid dienone is 1. The van der Waals surface area contributed by atoms with Gasteiger partial charge in [0.15, 0.2) is 0 Å². The van der Waals surface area contributed by atoms with Gasteiger partial charge in [0, 0.05) is 30.9 Å². The molecule has 3 saturated heterocycles. The highest BCUT2D eigenvalue weighted by Crippen LogP contribution is 2.60. The Morgan fingerprint density at radius 3 is 2.52 bits per heavy atom. The number of halogens is 2. The van der Waals surface area contributed by atoms with Gasteiger partial charge >= 0.3 is 5.97 Å². The molecule has 3 fully saturated rings. The molecule has 2 N–H and O–H groups in total. The summed E-state index contributed by atoms with van der Waals surface area (Å²) in [4.78, 5) is 59.0. The van der Waals surface area contributed by atoms with Gasteiger partial charge in [-0.15, -0.1) is 13.2 Å². The van der Waals surface area contributed by atoms with Crippen LogP contribution >= 0.6 is 27.5 Å². The second-order valence-corrected chi connectivity index (χ2v) is 14.6. The summed E-state index contributed by atoms with van der Waals surface area (Å²) in [5.41, 5.74) is -0.132. The summed E-state index contributed by atoms with van der Waals surface area (Å²) >= 11 is 10.3. The van der Waals surface area contributed by atoms with Gasteiger partial charge in [-0.25, -0.2) is 0 Å². The first-order valence-corrected chi connectivity index (χ1v) is 18.5. The SMILES string of the molecule is C=CCCC(=O)NC[C@H](OC(=O)[C@@H]1[C@H]2O[C@@]3(CC2Br)[C@H](C(=O)N(CC=C)c2ccccc2Cl)N(CCCCCCO)C(=O)[C@@H]13)c1ccccc1. The number of aliphatic hydroxyl groups excluding tert-OH is 1. The first-order valence-electron chi connectivity index (χ1n) is 17.2. The third-order valence-electron chi connectivity index (χ3n) is 9.81. The second-order valence-electron chi connectivity index (χ2n) is 13.0. The number of benzene rings is 2. The van der Waals surface area contributed by atoms with Gasteiger partial charge in [0.25, 0.3) is 5.91 Å². The molecule has 7 atom stereocenters. The average molecular weight is 771 g/mol. The first kappa shape index (κ1) is 37.7. The Labute approximate surface area is 306 Å². The molecule has 5 rings (SSSR count). The predicted octanol–water partition coefficient (Wildman–Crippen LogP) is 5.53. The summed E-state index contributed by atoms with van der Waals surface area (Å²) in [6, 6.07) is 15.1. The van der Waals surface area contributed by atoms with Crippen LogP contribution in [0.3, 0.4) is 0 Å². The number of ether oxygens (including phenoxy) is 2. The minimum atomic E-state index is -1.30. The highest BCUT2D eigenvalue weighted by molar-refractivity contribution is 9.09. The minimum Gasteiger partial charge on any atom is -0.455 e. The maximum Gasteiger partial charge on any atom is 0.313 e. The molecule has 0 aromatic heterocycles. The number of hydrogen-bond acceptors (Lipinski definition) is 7. The molecule has 1 unspecified atom stereocenters. The molecule has 3 heterocycles. The van der Waals surface area contributed by atoms with E-state index in [1.165, 1.54) is 4.90 Å². The molecule has 268 valence electrons. The monoisotopic (exact) mass is 769 g/mol. The van der Waals surface area contributed by atoms with Crippen molar-refractivity contribution in [2.75, 3.05) is 31.1 Å². The van der Waals surface area contributed by atoms with Crippen LogP contribution in [0.1, 0.15) is 56.6 Å². The number of para-hydroxylation sites is 1. The number of esters is 1. The van der Waals surface area contributed by atoms with Gasteiger partial charge in [-0.2, -0.15) is 0 Å². The molecule has 2 bridgehead atoms. The molecule has 50 heavy (non-hydrogen) atoms. The fraction of sp³-hybridized carbons (Fsp3) is 0.474. The standard InChI is InChI=1S/C38H45BrClN3O7/c1-3-5-19-30(45)41-24-29(25-15-9-8-10-16-25)49-37(48)31-32-35(46)43(21-13-6-7-14-22-44)34(38(32)23-26(39)33(31)50-38)36(47)42(20-4-2)28-18-12-11-17-27(28)40/h3-4,8-12,15-18,26,29,31-34,44H,1-2,5-7,13-14,19-24H2,(H,41,45)/t26?,29-,31-,32+,33-,34-,38+/m0/s1. The van der Waals surface area contributed by atoms with Gasteiger partial charge in [0.2, 0.25) is 11.8 Å². The lowest BCUT2D eigenvalue weighted by molar-refractivity contribution is -0.160. The van der Waals surface area contributed by atoms with Crippen LogP contribution in [-0.4, -0.2) is 82.5 Å². The van der Waals surface area contributed by atoms with Crippen molar-refractivity contribution in [3.05, 3.63) is 90.5 Å². The lowest BCUT2D eigenvalue weighted by atomic mass is 9.70. The molecule has 3 amide bonds. The van der Waals surface area contributed by atoms with E-state index in [1.807, 2.05) is 30.3 Å². The van der Waals surface area contributed by atoms with E-state index >= 15 is 0 Å². The number of anilines is 1. The van der Waals surface area contributed by atoms with Gasteiger partial charge in [-0.3, -0.25) is 19.2 Å². The van der Waals surface area contributed by atoms with Crippen LogP contribution in [0.25, 0.3) is 0 Å². The second kappa shape index (κ2) is 17.1. The van der Waals surface area contributed by atoms with Crippen molar-refractivity contribution in [2.45, 2.75) is 73.6 Å². The molecule has 0 radical (unpaired) electrons. The van der Waals surface area contributed by atoms with Crippen LogP contribution in [-0.2, 0) is 28.7 Å². The van der Waals surface area contributed by atoms with Crippen molar-refractivity contribution in [1.82, 2.24) is 10.2 Å². The highest BCUT2D eigenvalue weighted by atomic mass is 79.9. The zero-order valence-corrected chi connectivity index (χ0v) is 30.4. The molecule has 2 aromatic rings. The fourth-order valence-corrected chi connectivity index (χ4v) is 8.74. The van der Waals surface area contributed by atoms with E-state index in [9.17, 15) is 24.3 Å². The normalized spacial score (nSPS) is 25.5. The number of hydrogen-bond donors (Lipinski definition) is 2. The number of amides is 3. The number of carbonyl (C=O) groups excluding carboxylic acids is 4. The zero-order chi connectivity index (χ0) is 35.8. The first-order chi connectivity index (χ1) is 24.2. The molecule has 3 aliphatic heterocycles. The maximum atomic E-state index is 14.8. The van der Waals surface area contributed by atoms with Crippen molar-refractivity contribution in [3.63, 3.8) is 0 Å². The Bertz CT molecular complexity index is 1560. The highest BCUT2D eigenvalue weighted by Gasteiger charge is 2.77. The van der Waals surface area contributed by atoms with Gasteiger partial charge in [-0.1, -0.05) is 95.0 Å². The molecular formula is C38H45BrClN3O7. The zero-order valence-electron chi connectivity index (χ0n) is 28.1. The van der Waals surface area contributed by atoms with Crippen LogP contribution in [0.2, 0.25) is 5.02 Å². The summed E-state index contributed by atoms with van der Waals surface area (Å²) in [5.74, 6) is -3.49. The third kappa shape index (κ3) is 7.71. The number of carbonyl (C=O) groups is 4. The van der Waals surface area contributed by atoms with Gasteiger partial charge in [-0.05, 0) is 43.4 Å². The minimum absolute atomic E-state index is 0.0426. The van der Waals surface area contributed by atoms with E-state index in [-0.39, 0.29) is 55.2 Å². The van der Waals surface area contributed by atoms with Crippen LogP contribution in [0.15, 0.2) is 79.9 Å². The fourth-order valence-electron chi connectivity index (χ4n) is 7.56. The van der Waals surface area contributed by atoms with E-state index in [0.717, 1.165) is 12.8 Å². The maximum absolute atomic E-state index is 14.8. The van der Waals surface area contributed by atoms with E-state index in [2.05, 4.69) is 34.4 Å². The smallest absolute Gasteiger partial charge is 0.313 e. The van der Waals surface area contributed by atoms with Crippen LogP contribution < -0.4 is 10.2 Å². The molecule has 10 nitrogen and oxygen atoms in total. The molecule has 12 heteroatoms. The summed E-state index contributed by atoms with van der Waals surface area (Å²) in [5, 5.41) is 12.5. The van der Waals surface area contributed by atoms with E-state index in [1.54, 1.807) is 41.3 Å². The van der Waals surface area contributed by atoms with Crippen molar-refractivity contribution < 1.29 is 33.8 Å². The van der Waals surface area contributed by atoms with Gasteiger partial charge in [0.05, 0.1) is 35.2 Å². The Kier molecular flexibility index (Phi) is 12.9. The summed E-state index contributed by atoms with van der Waals surface area (Å²) < 4.78 is 12.9. The predicted molar refractivity (Wildman–Crippen MR) is 195 cm³/mol. The molecular weight excluding hydrogens is 726 g/mol. The van der Waals surface area contributed by atoms with Gasteiger partial charge in [0.1, 0.15) is 17.7 Å². The Hall–Kier alpha value is -3.51. The van der Waals surface area contributed by atoms with Crippen LogP contribution in [0.4, 0.5) is 5.69 Å². The number of fused-ring (bicyclic) bond motifs is 1. The Balaban J connectivity index is 1.47. The average Bonchev–Trinajstić information content (AvgIpc) is 3.71. The summed E-state index contributed by atoms with van der Waals surface area (Å²) in [6.45, 7) is 8.06. The van der Waals surface area contributed by atoms with Crippen LogP contribution in [0.5, 0.6) is 0 Å². The number of alkyl halides is 1. The van der Waals surface area contributed by atoms with Gasteiger partial charge < -0.3 is 29.7 Å². The number of unbranched alkanes of at least 4 members (excludes halogenated alkanes) is 3. The molecule has 1 spiro atoms. The third-order valence-corrected chi connectivity index (χ3v) is 11.0. The molecule has 2 aromatic carbocycles. The summed E-state index contributed by atoms with van der Waals surface area (Å²) in [6.07, 6.45) is 5.60. The number of aliphatic hydroxyl groups is 1. The van der Waals surface area contributed by atoms with Crippen molar-refractivity contribution in [3.8, 4) is 0 Å². The van der Waals surface area contributed by atoms with Crippen molar-refractivity contribution in [1.29, 1.82) is 0 Å². The van der Waals surface area contributed by atoms with Crippen molar-refractivity contribution in [2.24, 2.45) is 11.8 Å². The number of nitrogens with zero attached hydrogens (tertiary/aromatic N) is 2. The van der Waals surface area contributed by atoms with Crippen molar-refractivity contribution >= 4 is 56.9 Å². The Morgan fingerprint density at radius 2 is 1.82 bits per heavy atom. The quantitative estimate of drug-likeness (QED) is 0.0885. The van der Waals surface area contributed by atoms with E-state index in [4.69, 9.17) is 21.1 Å². The van der Waals surface area contributed by atoms with Crippen LogP contribution in [0, 0.1) is 11.8 Å². The molecule has 3 aliphatic rings. The molecule has 0 aliphatic carbocycles. The molecule has 0 saturated carbocycles. The number of rotatable bonds is 18. The Morgan fingerprint density at radius 1 is 1.10 bits per heavy atom. The number of likely N-dealkylation sites (tertiary alicyclic amines) is 1. The lowest BCUT2D eigenvalue weighted by Crippen LogP contribution is -2.57. The largest absolute Gasteiger partial charge is 0.455 e. The lowest BCUT2D eigenvalue weighted by Gasteiger charge is -2.37. The van der Waals surface area contributed by atoms with E-state index in [0.29, 0.717) is 42.0 Å². The summed E-state index contributed by atoms with van der Waals surface area (Å²) in [7, 11) is 0. The van der Waals surface area contributed by atoms with E-state index < -0.39 is 41.7 Å². The topological polar surface area (TPSA) is 125 Å².